The summed E-state index contributed by atoms with van der Waals surface area (Å²) in [4.78, 5) is 23.2. The van der Waals surface area contributed by atoms with Gasteiger partial charge < -0.3 is 15.1 Å². The minimum absolute atomic E-state index is 0.0585. The van der Waals surface area contributed by atoms with Crippen LogP contribution in [0.4, 0.5) is 11.4 Å². The van der Waals surface area contributed by atoms with Crippen LogP contribution in [-0.2, 0) is 26.2 Å². The van der Waals surface area contributed by atoms with Crippen molar-refractivity contribution < 1.29 is 22.4 Å². The monoisotopic (exact) mass is 439 g/mol. The molecule has 0 saturated heterocycles. The van der Waals surface area contributed by atoms with Crippen LogP contribution in [0.1, 0.15) is 18.2 Å². The third-order valence-electron chi connectivity index (χ3n) is 4.11. The highest BCUT2D eigenvalue weighted by Gasteiger charge is 2.14. The molecule has 0 aliphatic carbocycles. The highest BCUT2D eigenvalue weighted by molar-refractivity contribution is 7.89. The lowest BCUT2D eigenvalue weighted by Gasteiger charge is -2.06. The van der Waals surface area contributed by atoms with Gasteiger partial charge >= 0.3 is 0 Å². The van der Waals surface area contributed by atoms with E-state index in [1.165, 1.54) is 31.4 Å². The second-order valence-electron chi connectivity index (χ2n) is 6.55. The Bertz CT molecular complexity index is 1170. The Balaban J connectivity index is 1.56. The topological polar surface area (TPSA) is 118 Å². The van der Waals surface area contributed by atoms with Gasteiger partial charge in [0.2, 0.25) is 21.8 Å². The van der Waals surface area contributed by atoms with Gasteiger partial charge in [-0.3, -0.25) is 9.59 Å². The summed E-state index contributed by atoms with van der Waals surface area (Å²) in [5, 5.41) is 5.35. The fourth-order valence-electron chi connectivity index (χ4n) is 2.62. The van der Waals surface area contributed by atoms with Crippen molar-refractivity contribution in [2.75, 3.05) is 10.6 Å². The third-order valence-corrected chi connectivity index (χ3v) is 5.52. The number of benzene rings is 2. The van der Waals surface area contributed by atoms with Crippen LogP contribution in [0.25, 0.3) is 6.08 Å². The Morgan fingerprint density at radius 1 is 0.935 bits per heavy atom. The second kappa shape index (κ2) is 9.88. The number of hydrogen-bond donors (Lipinski definition) is 3. The molecule has 0 aliphatic rings. The summed E-state index contributed by atoms with van der Waals surface area (Å²) < 4.78 is 32.2. The normalized spacial score (nSPS) is 11.4. The summed E-state index contributed by atoms with van der Waals surface area (Å²) >= 11 is 0. The molecule has 0 saturated carbocycles. The van der Waals surface area contributed by atoms with Crippen molar-refractivity contribution in [2.45, 2.75) is 18.4 Å². The predicted octanol–water partition coefficient (Wildman–Crippen LogP) is 3.37. The molecule has 2 aromatic carbocycles. The molecule has 0 spiro atoms. The number of amides is 2. The Labute approximate surface area is 180 Å². The molecule has 0 aliphatic heterocycles. The molecule has 8 nitrogen and oxygen atoms in total. The molecule has 0 bridgehead atoms. The maximum absolute atomic E-state index is 12.3. The van der Waals surface area contributed by atoms with Crippen LogP contribution in [0.5, 0.6) is 0 Å². The molecule has 0 fully saturated rings. The fraction of sp³-hybridized carbons (Fsp3) is 0.0909. The summed E-state index contributed by atoms with van der Waals surface area (Å²) in [6.45, 7) is 1.48. The van der Waals surface area contributed by atoms with Gasteiger partial charge in [0.05, 0.1) is 17.7 Å². The van der Waals surface area contributed by atoms with E-state index < -0.39 is 10.0 Å². The number of anilines is 2. The van der Waals surface area contributed by atoms with Crippen LogP contribution in [0.2, 0.25) is 0 Å². The van der Waals surface area contributed by atoms with E-state index in [9.17, 15) is 18.0 Å². The van der Waals surface area contributed by atoms with Gasteiger partial charge in [0, 0.05) is 24.4 Å². The smallest absolute Gasteiger partial charge is 0.248 e. The quantitative estimate of drug-likeness (QED) is 0.465. The van der Waals surface area contributed by atoms with E-state index in [-0.39, 0.29) is 23.3 Å². The van der Waals surface area contributed by atoms with Gasteiger partial charge in [-0.2, -0.15) is 0 Å². The second-order valence-corrected chi connectivity index (χ2v) is 8.32. The third kappa shape index (κ3) is 6.66. The molecule has 0 unspecified atom stereocenters. The van der Waals surface area contributed by atoms with E-state index in [1.807, 2.05) is 0 Å². The van der Waals surface area contributed by atoms with Crippen LogP contribution in [-0.4, -0.2) is 20.2 Å². The van der Waals surface area contributed by atoms with Gasteiger partial charge in [-0.25, -0.2) is 13.1 Å². The van der Waals surface area contributed by atoms with E-state index in [2.05, 4.69) is 15.4 Å². The van der Waals surface area contributed by atoms with E-state index in [0.717, 1.165) is 0 Å². The number of sulfonamides is 1. The van der Waals surface area contributed by atoms with Crippen molar-refractivity contribution in [1.29, 1.82) is 0 Å². The van der Waals surface area contributed by atoms with Gasteiger partial charge in [0.25, 0.3) is 0 Å². The molecule has 9 heteroatoms. The standard InChI is InChI=1S/C22H21N3O5S/c1-16(26)24-18-7-9-19(10-8-18)25-22(27)13-6-17-4-11-21(12-5-17)31(28,29)23-15-20-3-2-14-30-20/h2-14,23H,15H2,1H3,(H,24,26)(H,25,27)/b13-6+. The highest BCUT2D eigenvalue weighted by Crippen LogP contribution is 2.15. The van der Waals surface area contributed by atoms with Crippen molar-refractivity contribution in [1.82, 2.24) is 4.72 Å². The van der Waals surface area contributed by atoms with Crippen molar-refractivity contribution in [3.8, 4) is 0 Å². The SMILES string of the molecule is CC(=O)Nc1ccc(NC(=O)/C=C/c2ccc(S(=O)(=O)NCc3ccco3)cc2)cc1. The largest absolute Gasteiger partial charge is 0.468 e. The average molecular weight is 439 g/mol. The van der Waals surface area contributed by atoms with E-state index in [0.29, 0.717) is 22.7 Å². The number of carbonyl (C=O) groups is 2. The molecule has 3 rings (SSSR count). The molecule has 3 aromatic rings. The highest BCUT2D eigenvalue weighted by atomic mass is 32.2. The Morgan fingerprint density at radius 2 is 1.58 bits per heavy atom. The molecule has 0 atom stereocenters. The number of carbonyl (C=O) groups excluding carboxylic acids is 2. The molecule has 2 amide bonds. The Morgan fingerprint density at radius 3 is 2.16 bits per heavy atom. The lowest BCUT2D eigenvalue weighted by molar-refractivity contribution is -0.114. The van der Waals surface area contributed by atoms with Crippen LogP contribution in [0, 0.1) is 0 Å². The number of rotatable bonds is 8. The number of furan rings is 1. The molecule has 160 valence electrons. The maximum Gasteiger partial charge on any atom is 0.248 e. The molecule has 1 aromatic heterocycles. The lowest BCUT2D eigenvalue weighted by atomic mass is 10.2. The van der Waals surface area contributed by atoms with E-state index >= 15 is 0 Å². The van der Waals surface area contributed by atoms with E-state index in [1.54, 1.807) is 54.6 Å². The molecular weight excluding hydrogens is 418 g/mol. The van der Waals surface area contributed by atoms with Gasteiger partial charge in [0.1, 0.15) is 5.76 Å². The molecule has 1 heterocycles. The zero-order valence-electron chi connectivity index (χ0n) is 16.7. The minimum atomic E-state index is -3.68. The van der Waals surface area contributed by atoms with Crippen LogP contribution < -0.4 is 15.4 Å². The Kier molecular flexibility index (Phi) is 7.01. The molecule has 3 N–H and O–H groups in total. The van der Waals surface area contributed by atoms with Crippen molar-refractivity contribution in [3.63, 3.8) is 0 Å². The zero-order chi connectivity index (χ0) is 22.3. The van der Waals surface area contributed by atoms with Crippen LogP contribution in [0.3, 0.4) is 0 Å². The summed E-state index contributed by atoms with van der Waals surface area (Å²) in [6.07, 6.45) is 4.40. The number of nitrogens with one attached hydrogen (secondary N) is 3. The first kappa shape index (κ1) is 22.0. The molecular formula is C22H21N3O5S. The fourth-order valence-corrected chi connectivity index (χ4v) is 3.61. The minimum Gasteiger partial charge on any atom is -0.468 e. The lowest BCUT2D eigenvalue weighted by Crippen LogP contribution is -2.22. The zero-order valence-corrected chi connectivity index (χ0v) is 17.5. The summed E-state index contributed by atoms with van der Waals surface area (Å²) in [5.74, 6) is -0.00479. The van der Waals surface area contributed by atoms with E-state index in [4.69, 9.17) is 4.42 Å². The van der Waals surface area contributed by atoms with Gasteiger partial charge in [-0.1, -0.05) is 12.1 Å². The summed E-state index contributed by atoms with van der Waals surface area (Å²) in [7, 11) is -3.68. The first-order valence-corrected chi connectivity index (χ1v) is 10.8. The first-order valence-electron chi connectivity index (χ1n) is 9.31. The first-order chi connectivity index (χ1) is 14.8. The van der Waals surface area contributed by atoms with Crippen LogP contribution >= 0.6 is 0 Å². The maximum atomic E-state index is 12.3. The Hall–Kier alpha value is -3.69. The van der Waals surface area contributed by atoms with Crippen LogP contribution in [0.15, 0.2) is 82.3 Å². The molecule has 31 heavy (non-hydrogen) atoms. The molecule has 0 radical (unpaired) electrons. The average Bonchev–Trinajstić information content (AvgIpc) is 3.26. The van der Waals surface area contributed by atoms with Crippen molar-refractivity contribution in [3.05, 3.63) is 84.3 Å². The van der Waals surface area contributed by atoms with Gasteiger partial charge in [-0.05, 0) is 60.2 Å². The number of hydrogen-bond acceptors (Lipinski definition) is 5. The van der Waals surface area contributed by atoms with Gasteiger partial charge in [-0.15, -0.1) is 0 Å². The van der Waals surface area contributed by atoms with Crippen molar-refractivity contribution >= 4 is 39.3 Å². The van der Waals surface area contributed by atoms with Crippen molar-refractivity contribution in [2.24, 2.45) is 0 Å². The summed E-state index contributed by atoms with van der Waals surface area (Å²) in [6, 6.07) is 16.2. The van der Waals surface area contributed by atoms with Gasteiger partial charge in [0.15, 0.2) is 0 Å². The summed E-state index contributed by atoms with van der Waals surface area (Å²) in [5.41, 5.74) is 1.88. The predicted molar refractivity (Wildman–Crippen MR) is 118 cm³/mol.